The van der Waals surface area contributed by atoms with E-state index in [0.717, 1.165) is 23.1 Å². The number of hydrogen-bond donors (Lipinski definition) is 1. The summed E-state index contributed by atoms with van der Waals surface area (Å²) < 4.78 is 139. The highest BCUT2D eigenvalue weighted by molar-refractivity contribution is 5.51. The maximum atomic E-state index is 14.4. The van der Waals surface area contributed by atoms with E-state index in [0.29, 0.717) is 6.07 Å². The van der Waals surface area contributed by atoms with Crippen LogP contribution in [0.2, 0.25) is 0 Å². The fraction of sp³-hybridized carbons (Fsp3) is 0.280. The monoisotopic (exact) mass is 571 g/mol. The molecule has 0 amide bonds. The van der Waals surface area contributed by atoms with E-state index < -0.39 is 55.0 Å². The Kier molecular flexibility index (Phi) is 8.88. The number of nitrogens with zero attached hydrogens (tertiary/aromatic N) is 1. The number of alkyl halides is 9. The van der Waals surface area contributed by atoms with Crippen LogP contribution in [0.5, 0.6) is 11.5 Å². The number of halogens is 10. The highest BCUT2D eigenvalue weighted by Crippen LogP contribution is 2.32. The van der Waals surface area contributed by atoms with Gasteiger partial charge in [0.1, 0.15) is 23.9 Å². The lowest BCUT2D eigenvalue weighted by Gasteiger charge is -2.29. The molecular formula is C25H19F10NO3. The molecule has 0 aromatic heterocycles. The molecular weight excluding hydrogens is 552 g/mol. The van der Waals surface area contributed by atoms with E-state index >= 15 is 0 Å². The predicted molar refractivity (Wildman–Crippen MR) is 118 cm³/mol. The molecule has 0 spiro atoms. The lowest BCUT2D eigenvalue weighted by atomic mass is 10.1. The molecule has 0 heterocycles. The van der Waals surface area contributed by atoms with Gasteiger partial charge in [-0.1, -0.05) is 24.3 Å². The minimum absolute atomic E-state index is 0.00995. The fourth-order valence-electron chi connectivity index (χ4n) is 3.40. The summed E-state index contributed by atoms with van der Waals surface area (Å²) in [7, 11) is 0. The maximum absolute atomic E-state index is 14.4. The molecule has 0 bridgehead atoms. The molecule has 0 saturated carbocycles. The number of aliphatic hydroxyl groups excluding tert-OH is 1. The molecule has 212 valence electrons. The number of hydrogen-bond acceptors (Lipinski definition) is 4. The second-order valence-electron chi connectivity index (χ2n) is 8.22. The van der Waals surface area contributed by atoms with E-state index in [1.807, 2.05) is 0 Å². The quantitative estimate of drug-likeness (QED) is 0.275. The molecule has 1 N–H and O–H groups in total. The number of aliphatic hydroxyl groups is 1. The Morgan fingerprint density at radius 3 is 2.08 bits per heavy atom. The summed E-state index contributed by atoms with van der Waals surface area (Å²) in [6.07, 6.45) is -17.7. The number of benzene rings is 3. The van der Waals surface area contributed by atoms with Gasteiger partial charge in [0, 0.05) is 23.9 Å². The van der Waals surface area contributed by atoms with Crippen molar-refractivity contribution < 1.29 is 58.5 Å². The van der Waals surface area contributed by atoms with Crippen LogP contribution in [-0.2, 0) is 19.3 Å². The second-order valence-corrected chi connectivity index (χ2v) is 8.22. The Morgan fingerprint density at radius 2 is 1.46 bits per heavy atom. The number of ether oxygens (including phenoxy) is 2. The summed E-state index contributed by atoms with van der Waals surface area (Å²) in [5.41, 5.74) is -1.40. The zero-order chi connectivity index (χ0) is 29.0. The zero-order valence-electron chi connectivity index (χ0n) is 19.5. The first-order valence-electron chi connectivity index (χ1n) is 10.9. The smallest absolute Gasteiger partial charge is 0.489 e. The molecule has 14 heteroatoms. The van der Waals surface area contributed by atoms with Crippen molar-refractivity contribution in [3.05, 3.63) is 89.2 Å². The molecule has 3 rings (SSSR count). The average Bonchev–Trinajstić information content (AvgIpc) is 2.81. The molecule has 0 aliphatic rings. The first-order valence-corrected chi connectivity index (χ1v) is 10.9. The third-order valence-electron chi connectivity index (χ3n) is 5.23. The van der Waals surface area contributed by atoms with Crippen LogP contribution in [0.15, 0.2) is 66.7 Å². The highest BCUT2D eigenvalue weighted by atomic mass is 19.4. The van der Waals surface area contributed by atoms with Gasteiger partial charge in [-0.2, -0.15) is 26.3 Å². The van der Waals surface area contributed by atoms with Crippen molar-refractivity contribution in [3.63, 3.8) is 0 Å². The van der Waals surface area contributed by atoms with Crippen LogP contribution in [0.4, 0.5) is 49.6 Å². The molecule has 39 heavy (non-hydrogen) atoms. The third kappa shape index (κ3) is 8.94. The van der Waals surface area contributed by atoms with Gasteiger partial charge in [-0.15, -0.1) is 13.2 Å². The Bertz CT molecular complexity index is 1260. The molecule has 3 aromatic rings. The van der Waals surface area contributed by atoms with Crippen LogP contribution >= 0.6 is 0 Å². The summed E-state index contributed by atoms with van der Waals surface area (Å²) in [6.45, 7) is -2.00. The Balaban J connectivity index is 1.83. The van der Waals surface area contributed by atoms with E-state index in [9.17, 15) is 49.0 Å². The minimum Gasteiger partial charge on any atom is -0.489 e. The van der Waals surface area contributed by atoms with Gasteiger partial charge < -0.3 is 19.5 Å². The molecule has 4 nitrogen and oxygen atoms in total. The Labute approximate surface area is 215 Å². The SMILES string of the molecule is OC(CN(Cc1ccc(C(F)(F)F)cc1F)c1cccc(OCc2cccc(OC(F)(F)F)c2)c1)C(F)(F)F. The van der Waals surface area contributed by atoms with Crippen molar-refractivity contribution in [2.24, 2.45) is 0 Å². The topological polar surface area (TPSA) is 41.9 Å². The Morgan fingerprint density at radius 1 is 0.795 bits per heavy atom. The van der Waals surface area contributed by atoms with Gasteiger partial charge in [0.2, 0.25) is 0 Å². The van der Waals surface area contributed by atoms with E-state index in [-0.39, 0.29) is 35.2 Å². The molecule has 3 aromatic carbocycles. The fourth-order valence-corrected chi connectivity index (χ4v) is 3.40. The first kappa shape index (κ1) is 29.9. The van der Waals surface area contributed by atoms with E-state index in [1.165, 1.54) is 36.4 Å². The van der Waals surface area contributed by atoms with Crippen LogP contribution in [0.1, 0.15) is 16.7 Å². The first-order chi connectivity index (χ1) is 18.0. The van der Waals surface area contributed by atoms with Crippen LogP contribution < -0.4 is 14.4 Å². The van der Waals surface area contributed by atoms with Crippen LogP contribution in [-0.4, -0.2) is 30.3 Å². The van der Waals surface area contributed by atoms with E-state index in [1.54, 1.807) is 0 Å². The van der Waals surface area contributed by atoms with Crippen molar-refractivity contribution in [2.75, 3.05) is 11.4 Å². The minimum atomic E-state index is -5.05. The summed E-state index contributed by atoms with van der Waals surface area (Å²) in [5.74, 6) is -1.76. The van der Waals surface area contributed by atoms with Crippen molar-refractivity contribution in [1.29, 1.82) is 0 Å². The molecule has 1 atom stereocenters. The zero-order valence-corrected chi connectivity index (χ0v) is 19.5. The van der Waals surface area contributed by atoms with Gasteiger partial charge >= 0.3 is 18.7 Å². The normalized spacial score (nSPS) is 13.2. The average molecular weight is 571 g/mol. The predicted octanol–water partition coefficient (Wildman–Crippen LogP) is 7.25. The van der Waals surface area contributed by atoms with Gasteiger partial charge in [0.25, 0.3) is 0 Å². The molecule has 0 fully saturated rings. The lowest BCUT2D eigenvalue weighted by Crippen LogP contribution is -2.41. The Hall–Kier alpha value is -3.68. The van der Waals surface area contributed by atoms with Gasteiger partial charge in [0.15, 0.2) is 6.10 Å². The van der Waals surface area contributed by atoms with Crippen molar-refractivity contribution in [1.82, 2.24) is 0 Å². The van der Waals surface area contributed by atoms with Gasteiger partial charge in [0.05, 0.1) is 12.1 Å². The summed E-state index contributed by atoms with van der Waals surface area (Å²) in [6, 6.07) is 11.7. The number of rotatable bonds is 9. The number of anilines is 1. The molecule has 0 aliphatic carbocycles. The molecule has 0 saturated heterocycles. The van der Waals surface area contributed by atoms with Crippen LogP contribution in [0, 0.1) is 5.82 Å². The highest BCUT2D eigenvalue weighted by Gasteiger charge is 2.39. The molecule has 1 unspecified atom stereocenters. The van der Waals surface area contributed by atoms with Gasteiger partial charge in [-0.25, -0.2) is 4.39 Å². The summed E-state index contributed by atoms with van der Waals surface area (Å²) in [4.78, 5) is 0.897. The molecule has 0 radical (unpaired) electrons. The standard InChI is InChI=1S/C25H19F10NO3/c26-21-10-17(23(27,28)29)8-7-16(21)12-36(13-22(37)24(30,31)32)18-4-2-5-19(11-18)38-14-15-3-1-6-20(9-15)39-25(33,34)35/h1-11,22,37H,12-14H2. The summed E-state index contributed by atoms with van der Waals surface area (Å²) >= 11 is 0. The van der Waals surface area contributed by atoms with Crippen molar-refractivity contribution >= 4 is 5.69 Å². The van der Waals surface area contributed by atoms with Gasteiger partial charge in [-0.05, 0) is 42.0 Å². The van der Waals surface area contributed by atoms with Crippen molar-refractivity contribution in [2.45, 2.75) is 38.0 Å². The lowest BCUT2D eigenvalue weighted by molar-refractivity contribution is -0.274. The largest absolute Gasteiger partial charge is 0.573 e. The van der Waals surface area contributed by atoms with E-state index in [4.69, 9.17) is 4.74 Å². The third-order valence-corrected chi connectivity index (χ3v) is 5.23. The molecule has 0 aliphatic heterocycles. The summed E-state index contributed by atoms with van der Waals surface area (Å²) in [5, 5.41) is 9.61. The van der Waals surface area contributed by atoms with Crippen LogP contribution in [0.3, 0.4) is 0 Å². The van der Waals surface area contributed by atoms with Crippen LogP contribution in [0.25, 0.3) is 0 Å². The van der Waals surface area contributed by atoms with E-state index in [2.05, 4.69) is 4.74 Å². The van der Waals surface area contributed by atoms with Gasteiger partial charge in [-0.3, -0.25) is 0 Å². The van der Waals surface area contributed by atoms with Crippen molar-refractivity contribution in [3.8, 4) is 11.5 Å². The maximum Gasteiger partial charge on any atom is 0.573 e. The second kappa shape index (κ2) is 11.6.